The Labute approximate surface area is 115 Å². The van der Waals surface area contributed by atoms with Crippen LogP contribution < -0.4 is 29.6 Å². The molecule has 0 heterocycles. The monoisotopic (exact) mass is 222 g/mol. The van der Waals surface area contributed by atoms with E-state index >= 15 is 0 Å². The second-order valence-electron chi connectivity index (χ2n) is 7.12. The van der Waals surface area contributed by atoms with Crippen LogP contribution in [-0.4, -0.2) is 8.80 Å². The van der Waals surface area contributed by atoms with Crippen LogP contribution in [0.5, 0.6) is 0 Å². The van der Waals surface area contributed by atoms with Gasteiger partial charge in [-0.2, -0.15) is 15.1 Å². The summed E-state index contributed by atoms with van der Waals surface area (Å²) < 4.78 is 0. The van der Waals surface area contributed by atoms with Gasteiger partial charge in [-0.15, -0.1) is 0 Å². The van der Waals surface area contributed by atoms with E-state index in [0.717, 1.165) is 0 Å². The van der Waals surface area contributed by atoms with Gasteiger partial charge in [0.15, 0.2) is 0 Å². The van der Waals surface area contributed by atoms with Gasteiger partial charge in [0.1, 0.15) is 0 Å². The van der Waals surface area contributed by atoms with Crippen LogP contribution >= 0.6 is 0 Å². The number of rotatable bonds is 0. The minimum absolute atomic E-state index is 0. The topological polar surface area (TPSA) is 0 Å². The van der Waals surface area contributed by atoms with Crippen molar-refractivity contribution < 1.29 is 29.6 Å². The minimum atomic E-state index is -0.391. The second-order valence-corrected chi connectivity index (χ2v) is 12.4. The standard InChI is InChI=1S/C12H27Si.Na/c1-10(2,3)13(11(4,5)6)12(7,8)9;/h1-9H3;/q-1;+1. The van der Waals surface area contributed by atoms with Crippen LogP contribution in [0.4, 0.5) is 0 Å². The maximum atomic E-state index is 2.40. The van der Waals surface area contributed by atoms with Crippen LogP contribution in [0.3, 0.4) is 0 Å². The molecule has 0 amide bonds. The predicted octanol–water partition coefficient (Wildman–Crippen LogP) is 1.89. The zero-order valence-corrected chi connectivity index (χ0v) is 15.0. The van der Waals surface area contributed by atoms with Crippen molar-refractivity contribution in [2.24, 2.45) is 0 Å². The maximum absolute atomic E-state index is 2.40. The summed E-state index contributed by atoms with van der Waals surface area (Å²) in [6, 6.07) is 0. The van der Waals surface area contributed by atoms with Crippen molar-refractivity contribution in [2.45, 2.75) is 77.4 Å². The van der Waals surface area contributed by atoms with Gasteiger partial charge in [0, 0.05) is 0 Å². The molecular formula is C12H27NaSi. The first-order valence-corrected chi connectivity index (χ1v) is 6.75. The molecule has 14 heavy (non-hydrogen) atoms. The molecule has 0 fully saturated rings. The molecule has 0 spiro atoms. The van der Waals surface area contributed by atoms with Crippen molar-refractivity contribution in [3.63, 3.8) is 0 Å². The van der Waals surface area contributed by atoms with E-state index in [0.29, 0.717) is 15.1 Å². The zero-order chi connectivity index (χ0) is 11.1. The van der Waals surface area contributed by atoms with E-state index in [1.54, 1.807) is 0 Å². The van der Waals surface area contributed by atoms with Crippen molar-refractivity contribution in [1.29, 1.82) is 0 Å². The molecule has 0 unspecified atom stereocenters. The molecule has 0 N–H and O–H groups in total. The number of hydrogen-bond donors (Lipinski definition) is 0. The molecular weight excluding hydrogens is 195 g/mol. The Kier molecular flexibility index (Phi) is 6.33. The molecule has 0 atom stereocenters. The Balaban J connectivity index is 0. The fourth-order valence-corrected chi connectivity index (χ4v) is 10.1. The van der Waals surface area contributed by atoms with Gasteiger partial charge in [-0.25, -0.2) is 8.80 Å². The molecule has 0 aliphatic carbocycles. The SMILES string of the molecule is CC(C)(C)[Si-](C(C)(C)C)C(C)(C)C.[Na+]. The summed E-state index contributed by atoms with van der Waals surface area (Å²) in [7, 11) is -0.391. The molecule has 0 saturated carbocycles. The first-order valence-electron chi connectivity index (χ1n) is 5.25. The Hall–Kier alpha value is 1.22. The van der Waals surface area contributed by atoms with E-state index in [1.807, 2.05) is 0 Å². The molecule has 0 saturated heterocycles. The van der Waals surface area contributed by atoms with Crippen molar-refractivity contribution in [2.75, 3.05) is 0 Å². The molecule has 0 bridgehead atoms. The maximum Gasteiger partial charge on any atom is 1.00 e. The summed E-state index contributed by atoms with van der Waals surface area (Å²) in [4.78, 5) is 0. The van der Waals surface area contributed by atoms with Crippen molar-refractivity contribution in [3.05, 3.63) is 0 Å². The second kappa shape index (κ2) is 5.03. The van der Waals surface area contributed by atoms with Gasteiger partial charge in [0.05, 0.1) is 0 Å². The molecule has 0 rings (SSSR count). The number of hydrogen-bond acceptors (Lipinski definition) is 0. The van der Waals surface area contributed by atoms with E-state index in [1.165, 1.54) is 0 Å². The normalized spacial score (nSPS) is 14.1. The van der Waals surface area contributed by atoms with E-state index < -0.39 is 8.80 Å². The van der Waals surface area contributed by atoms with E-state index in [2.05, 4.69) is 62.3 Å². The first-order chi connectivity index (χ1) is 5.37. The fraction of sp³-hybridized carbons (Fsp3) is 1.00. The molecule has 0 aromatic heterocycles. The van der Waals surface area contributed by atoms with Gasteiger partial charge in [-0.3, -0.25) is 0 Å². The van der Waals surface area contributed by atoms with Crippen LogP contribution in [0.1, 0.15) is 62.3 Å². The average molecular weight is 222 g/mol. The summed E-state index contributed by atoms with van der Waals surface area (Å²) in [5.41, 5.74) is 0. The zero-order valence-electron chi connectivity index (χ0n) is 12.0. The van der Waals surface area contributed by atoms with Crippen molar-refractivity contribution in [1.82, 2.24) is 0 Å². The van der Waals surface area contributed by atoms with Gasteiger partial charge >= 0.3 is 29.6 Å². The van der Waals surface area contributed by atoms with Gasteiger partial charge in [-0.1, -0.05) is 62.3 Å². The minimum Gasteiger partial charge on any atom is -0.239 e. The molecule has 80 valence electrons. The molecule has 0 aromatic rings. The van der Waals surface area contributed by atoms with E-state index in [-0.39, 0.29) is 29.6 Å². The summed E-state index contributed by atoms with van der Waals surface area (Å²) in [6.45, 7) is 21.6. The van der Waals surface area contributed by atoms with E-state index in [9.17, 15) is 0 Å². The molecule has 0 aliphatic heterocycles. The van der Waals surface area contributed by atoms with E-state index in [4.69, 9.17) is 0 Å². The first kappa shape index (κ1) is 17.6. The third kappa shape index (κ3) is 5.34. The fourth-order valence-electron chi connectivity index (χ4n) is 3.38. The molecule has 2 heteroatoms. The third-order valence-electron chi connectivity index (χ3n) is 2.25. The molecule has 0 aliphatic rings. The van der Waals surface area contributed by atoms with Crippen LogP contribution in [-0.2, 0) is 0 Å². The summed E-state index contributed by atoms with van der Waals surface area (Å²) >= 11 is 0. The average Bonchev–Trinajstić information content (AvgIpc) is 1.44. The molecule has 0 radical (unpaired) electrons. The van der Waals surface area contributed by atoms with Crippen LogP contribution in [0.2, 0.25) is 15.1 Å². The van der Waals surface area contributed by atoms with Crippen molar-refractivity contribution >= 4 is 8.80 Å². The van der Waals surface area contributed by atoms with Gasteiger partial charge in [-0.05, 0) is 0 Å². The molecule has 0 nitrogen and oxygen atoms in total. The summed E-state index contributed by atoms with van der Waals surface area (Å²) in [5.74, 6) is 0. The van der Waals surface area contributed by atoms with Crippen molar-refractivity contribution in [3.8, 4) is 0 Å². The summed E-state index contributed by atoms with van der Waals surface area (Å²) in [6.07, 6.45) is 0. The largest absolute Gasteiger partial charge is 1.00 e. The van der Waals surface area contributed by atoms with Gasteiger partial charge < -0.3 is 0 Å². The van der Waals surface area contributed by atoms with Gasteiger partial charge in [0.25, 0.3) is 0 Å². The van der Waals surface area contributed by atoms with Gasteiger partial charge in [0.2, 0.25) is 0 Å². The Morgan fingerprint density at radius 2 is 0.643 bits per heavy atom. The smallest absolute Gasteiger partial charge is 0.239 e. The van der Waals surface area contributed by atoms with Crippen LogP contribution in [0.25, 0.3) is 0 Å². The third-order valence-corrected chi connectivity index (χ3v) is 6.75. The van der Waals surface area contributed by atoms with Crippen LogP contribution in [0, 0.1) is 0 Å². The molecule has 0 aromatic carbocycles. The summed E-state index contributed by atoms with van der Waals surface area (Å²) in [5, 5.41) is 1.46. The quantitative estimate of drug-likeness (QED) is 0.549. The van der Waals surface area contributed by atoms with Crippen LogP contribution in [0.15, 0.2) is 0 Å². The Bertz CT molecular complexity index is 133. The predicted molar refractivity (Wildman–Crippen MR) is 64.9 cm³/mol. The Morgan fingerprint density at radius 1 is 0.500 bits per heavy atom. The Morgan fingerprint density at radius 3 is 0.643 bits per heavy atom.